The number of esters is 1. The van der Waals surface area contributed by atoms with Gasteiger partial charge < -0.3 is 9.64 Å². The minimum Gasteiger partial charge on any atom is -0.469 e. The van der Waals surface area contributed by atoms with Crippen molar-refractivity contribution in [3.8, 4) is 0 Å². The number of hydrogen-bond donors (Lipinski definition) is 0. The number of methoxy groups -OCH3 is 1. The van der Waals surface area contributed by atoms with Gasteiger partial charge in [0.15, 0.2) is 0 Å². The van der Waals surface area contributed by atoms with Gasteiger partial charge >= 0.3 is 5.97 Å². The molecule has 1 aliphatic rings. The first-order valence-corrected chi connectivity index (χ1v) is 4.55. The van der Waals surface area contributed by atoms with Crippen LogP contribution in [-0.4, -0.2) is 37.1 Å². The molecule has 0 unspecified atom stereocenters. The van der Waals surface area contributed by atoms with Gasteiger partial charge in [0.2, 0.25) is 0 Å². The number of rotatable bonds is 3. The number of carbonyl (C=O) groups is 1. The lowest BCUT2D eigenvalue weighted by atomic mass is 10.2. The van der Waals surface area contributed by atoms with Gasteiger partial charge in [0.25, 0.3) is 0 Å². The van der Waals surface area contributed by atoms with Crippen LogP contribution in [0.2, 0.25) is 0 Å². The summed E-state index contributed by atoms with van der Waals surface area (Å²) in [5.41, 5.74) is 0. The number of carbonyl (C=O) groups excluding carboxylic acids is 1. The maximum Gasteiger partial charge on any atom is 0.307 e. The van der Waals surface area contributed by atoms with Gasteiger partial charge in [-0.3, -0.25) is 4.79 Å². The average molecular weight is 171 g/mol. The Morgan fingerprint density at radius 2 is 2.08 bits per heavy atom. The van der Waals surface area contributed by atoms with E-state index in [-0.39, 0.29) is 5.97 Å². The van der Waals surface area contributed by atoms with Gasteiger partial charge in [-0.2, -0.15) is 0 Å². The first kappa shape index (κ1) is 9.52. The lowest BCUT2D eigenvalue weighted by Crippen LogP contribution is -2.32. The molecule has 1 heterocycles. The van der Waals surface area contributed by atoms with Crippen LogP contribution in [0.1, 0.15) is 26.2 Å². The van der Waals surface area contributed by atoms with Gasteiger partial charge in [-0.25, -0.2) is 0 Å². The van der Waals surface area contributed by atoms with E-state index in [0.29, 0.717) is 12.5 Å². The predicted octanol–water partition coefficient (Wildman–Crippen LogP) is 1.03. The molecule has 70 valence electrons. The van der Waals surface area contributed by atoms with Crippen LogP contribution >= 0.6 is 0 Å². The highest BCUT2D eigenvalue weighted by Crippen LogP contribution is 2.13. The van der Waals surface area contributed by atoms with Crippen molar-refractivity contribution in [2.45, 2.75) is 32.2 Å². The molecule has 1 fully saturated rings. The minimum absolute atomic E-state index is 0.102. The van der Waals surface area contributed by atoms with Crippen molar-refractivity contribution in [2.24, 2.45) is 0 Å². The minimum atomic E-state index is -0.102. The lowest BCUT2D eigenvalue weighted by Gasteiger charge is -2.22. The van der Waals surface area contributed by atoms with Crippen molar-refractivity contribution in [1.82, 2.24) is 4.90 Å². The van der Waals surface area contributed by atoms with Crippen molar-refractivity contribution in [2.75, 3.05) is 20.2 Å². The van der Waals surface area contributed by atoms with Crippen LogP contribution < -0.4 is 0 Å². The summed E-state index contributed by atoms with van der Waals surface area (Å²) in [5.74, 6) is -0.102. The third-order valence-electron chi connectivity index (χ3n) is 2.45. The third kappa shape index (κ3) is 2.48. The van der Waals surface area contributed by atoms with Crippen molar-refractivity contribution >= 4 is 5.97 Å². The molecule has 1 rings (SSSR count). The Bertz CT molecular complexity index is 153. The quantitative estimate of drug-likeness (QED) is 0.594. The molecule has 0 radical (unpaired) electrons. The zero-order valence-electron chi connectivity index (χ0n) is 7.88. The summed E-state index contributed by atoms with van der Waals surface area (Å²) in [4.78, 5) is 13.3. The predicted molar refractivity (Wildman–Crippen MR) is 46.9 cm³/mol. The molecule has 0 bridgehead atoms. The number of nitrogens with zero attached hydrogens (tertiary/aromatic N) is 1. The van der Waals surface area contributed by atoms with Gasteiger partial charge in [-0.15, -0.1) is 0 Å². The smallest absolute Gasteiger partial charge is 0.307 e. The summed E-state index contributed by atoms with van der Waals surface area (Å²) < 4.78 is 4.61. The first-order valence-electron chi connectivity index (χ1n) is 4.55. The molecule has 0 saturated carbocycles. The van der Waals surface area contributed by atoms with Crippen LogP contribution in [0.15, 0.2) is 0 Å². The molecular weight excluding hydrogens is 154 g/mol. The zero-order valence-corrected chi connectivity index (χ0v) is 7.88. The number of likely N-dealkylation sites (tertiary alicyclic amines) is 1. The molecular formula is C9H17NO2. The Morgan fingerprint density at radius 3 is 2.58 bits per heavy atom. The van der Waals surface area contributed by atoms with Crippen LogP contribution in [0.4, 0.5) is 0 Å². The standard InChI is InChI=1S/C9H17NO2/c1-8(7-9(11)12-2)10-5-3-4-6-10/h8H,3-7H2,1-2H3/t8-/m0/s1. The molecule has 1 aliphatic heterocycles. The molecule has 3 heteroatoms. The molecule has 3 nitrogen and oxygen atoms in total. The molecule has 1 saturated heterocycles. The molecule has 0 aromatic rings. The van der Waals surface area contributed by atoms with Crippen LogP contribution in [-0.2, 0) is 9.53 Å². The molecule has 1 atom stereocenters. The van der Waals surface area contributed by atoms with Crippen LogP contribution in [0.3, 0.4) is 0 Å². The Hall–Kier alpha value is -0.570. The van der Waals surface area contributed by atoms with Crippen LogP contribution in [0, 0.1) is 0 Å². The van der Waals surface area contributed by atoms with Crippen LogP contribution in [0.25, 0.3) is 0 Å². The van der Waals surface area contributed by atoms with E-state index < -0.39 is 0 Å². The number of ether oxygens (including phenoxy) is 1. The number of hydrogen-bond acceptors (Lipinski definition) is 3. The second-order valence-electron chi connectivity index (χ2n) is 3.37. The maximum absolute atomic E-state index is 10.9. The molecule has 0 spiro atoms. The molecule has 0 aromatic heterocycles. The van der Waals surface area contributed by atoms with E-state index in [0.717, 1.165) is 13.1 Å². The van der Waals surface area contributed by atoms with Gasteiger partial charge in [0, 0.05) is 6.04 Å². The van der Waals surface area contributed by atoms with Crippen molar-refractivity contribution < 1.29 is 9.53 Å². The lowest BCUT2D eigenvalue weighted by molar-refractivity contribution is -0.141. The summed E-state index contributed by atoms with van der Waals surface area (Å²) in [6.45, 7) is 4.36. The highest BCUT2D eigenvalue weighted by molar-refractivity contribution is 5.69. The molecule has 0 aliphatic carbocycles. The van der Waals surface area contributed by atoms with Gasteiger partial charge in [0.05, 0.1) is 13.5 Å². The largest absolute Gasteiger partial charge is 0.469 e. The second-order valence-corrected chi connectivity index (χ2v) is 3.37. The first-order chi connectivity index (χ1) is 5.74. The topological polar surface area (TPSA) is 29.5 Å². The fourth-order valence-electron chi connectivity index (χ4n) is 1.64. The van der Waals surface area contributed by atoms with E-state index in [2.05, 4.69) is 16.6 Å². The van der Waals surface area contributed by atoms with Crippen molar-refractivity contribution in [3.05, 3.63) is 0 Å². The second kappa shape index (κ2) is 4.45. The summed E-state index contributed by atoms with van der Waals surface area (Å²) in [5, 5.41) is 0. The Balaban J connectivity index is 2.26. The Kier molecular flexibility index (Phi) is 3.53. The van der Waals surface area contributed by atoms with Crippen molar-refractivity contribution in [1.29, 1.82) is 0 Å². The van der Waals surface area contributed by atoms with Gasteiger partial charge in [-0.05, 0) is 32.9 Å². The third-order valence-corrected chi connectivity index (χ3v) is 2.45. The van der Waals surface area contributed by atoms with Gasteiger partial charge in [0.1, 0.15) is 0 Å². The Labute approximate surface area is 73.7 Å². The molecule has 0 N–H and O–H groups in total. The van der Waals surface area contributed by atoms with E-state index in [4.69, 9.17) is 0 Å². The fraction of sp³-hybridized carbons (Fsp3) is 0.889. The summed E-state index contributed by atoms with van der Waals surface area (Å²) in [6, 6.07) is 0.347. The van der Waals surface area contributed by atoms with E-state index in [1.165, 1.54) is 20.0 Å². The average Bonchev–Trinajstić information content (AvgIpc) is 2.56. The molecule has 12 heavy (non-hydrogen) atoms. The highest BCUT2D eigenvalue weighted by Gasteiger charge is 2.20. The fourth-order valence-corrected chi connectivity index (χ4v) is 1.64. The molecule has 0 amide bonds. The summed E-state index contributed by atoms with van der Waals surface area (Å²) in [7, 11) is 1.44. The SMILES string of the molecule is COC(=O)C[C@H](C)N1CCCC1. The van der Waals surface area contributed by atoms with E-state index in [9.17, 15) is 4.79 Å². The van der Waals surface area contributed by atoms with E-state index in [1.807, 2.05) is 0 Å². The zero-order chi connectivity index (χ0) is 8.97. The van der Waals surface area contributed by atoms with Gasteiger partial charge in [-0.1, -0.05) is 0 Å². The monoisotopic (exact) mass is 171 g/mol. The molecule has 0 aromatic carbocycles. The van der Waals surface area contributed by atoms with E-state index in [1.54, 1.807) is 0 Å². The highest BCUT2D eigenvalue weighted by atomic mass is 16.5. The summed E-state index contributed by atoms with van der Waals surface area (Å²) >= 11 is 0. The Morgan fingerprint density at radius 1 is 1.50 bits per heavy atom. The summed E-state index contributed by atoms with van der Waals surface area (Å²) in [6.07, 6.45) is 3.06. The maximum atomic E-state index is 10.9. The normalized spacial score (nSPS) is 20.8. The van der Waals surface area contributed by atoms with Crippen LogP contribution in [0.5, 0.6) is 0 Å². The van der Waals surface area contributed by atoms with Crippen molar-refractivity contribution in [3.63, 3.8) is 0 Å². The van der Waals surface area contributed by atoms with E-state index >= 15 is 0 Å².